The van der Waals surface area contributed by atoms with Crippen molar-refractivity contribution in [3.8, 4) is 11.5 Å². The average molecular weight is 481 g/mol. The van der Waals surface area contributed by atoms with Gasteiger partial charge in [0.25, 0.3) is 0 Å². The topological polar surface area (TPSA) is 78.3 Å². The summed E-state index contributed by atoms with van der Waals surface area (Å²) in [5.41, 5.74) is 0.399. The van der Waals surface area contributed by atoms with Crippen molar-refractivity contribution in [2.24, 2.45) is 0 Å². The first-order valence-electron chi connectivity index (χ1n) is 9.53. The molecule has 1 amide bonds. The summed E-state index contributed by atoms with van der Waals surface area (Å²) in [6.45, 7) is 4.53. The lowest BCUT2D eigenvalue weighted by Crippen LogP contribution is -2.16. The van der Waals surface area contributed by atoms with Gasteiger partial charge in [-0.2, -0.15) is 0 Å². The first kappa shape index (κ1) is 23.2. The number of amides is 1. The van der Waals surface area contributed by atoms with Gasteiger partial charge >= 0.3 is 0 Å². The summed E-state index contributed by atoms with van der Waals surface area (Å²) in [6.07, 6.45) is -0.328. The zero-order valence-electron chi connectivity index (χ0n) is 17.3. The molecule has 1 atom stereocenters. The summed E-state index contributed by atoms with van der Waals surface area (Å²) >= 11 is 13.5. The highest BCUT2D eigenvalue weighted by Crippen LogP contribution is 2.30. The smallest absolute Gasteiger partial charge is 0.234 e. The van der Waals surface area contributed by atoms with E-state index < -0.39 is 0 Å². The molecule has 0 spiro atoms. The van der Waals surface area contributed by atoms with E-state index in [9.17, 15) is 4.79 Å². The number of hydrogen-bond acceptors (Lipinski definition) is 6. The van der Waals surface area contributed by atoms with Crippen molar-refractivity contribution < 1.29 is 14.3 Å². The van der Waals surface area contributed by atoms with Crippen LogP contribution >= 0.6 is 35.0 Å². The van der Waals surface area contributed by atoms with E-state index in [0.29, 0.717) is 39.0 Å². The third kappa shape index (κ3) is 5.84. The normalized spacial score (nSPS) is 11.8. The molecule has 0 saturated heterocycles. The van der Waals surface area contributed by atoms with Crippen molar-refractivity contribution in [2.75, 3.05) is 18.2 Å². The number of hydrogen-bond donors (Lipinski definition) is 1. The highest BCUT2D eigenvalue weighted by Gasteiger charge is 2.20. The minimum atomic E-state index is -0.328. The minimum absolute atomic E-state index is 0.132. The third-order valence-corrected chi connectivity index (χ3v) is 5.95. The second-order valence-corrected chi connectivity index (χ2v) is 8.21. The maximum Gasteiger partial charge on any atom is 0.234 e. The van der Waals surface area contributed by atoms with Gasteiger partial charge in [-0.25, -0.2) is 0 Å². The van der Waals surface area contributed by atoms with Gasteiger partial charge in [-0.3, -0.25) is 4.79 Å². The summed E-state index contributed by atoms with van der Waals surface area (Å²) in [6, 6.07) is 12.4. The number of thioether (sulfide) groups is 1. The van der Waals surface area contributed by atoms with E-state index in [2.05, 4.69) is 15.5 Å². The quantitative estimate of drug-likeness (QED) is 0.408. The van der Waals surface area contributed by atoms with Crippen LogP contribution in [0.5, 0.6) is 11.5 Å². The molecular weight excluding hydrogens is 459 g/mol. The Kier molecular flexibility index (Phi) is 8.06. The second kappa shape index (κ2) is 10.7. The maximum atomic E-state index is 12.4. The lowest BCUT2D eigenvalue weighted by atomic mass is 10.3. The molecule has 0 saturated carbocycles. The van der Waals surface area contributed by atoms with Crippen molar-refractivity contribution >= 4 is 46.6 Å². The first-order chi connectivity index (χ1) is 14.9. The van der Waals surface area contributed by atoms with Gasteiger partial charge in [0.15, 0.2) is 17.1 Å². The molecule has 1 unspecified atom stereocenters. The fraction of sp³-hybridized carbons (Fsp3) is 0.286. The van der Waals surface area contributed by atoms with Crippen LogP contribution in [0, 0.1) is 0 Å². The predicted molar refractivity (Wildman–Crippen MR) is 124 cm³/mol. The number of nitrogens with one attached hydrogen (secondary N) is 1. The Bertz CT molecular complexity index is 1020. The van der Waals surface area contributed by atoms with Crippen LogP contribution < -0.4 is 14.8 Å². The molecule has 0 aliphatic carbocycles. The maximum absolute atomic E-state index is 12.4. The zero-order valence-corrected chi connectivity index (χ0v) is 19.6. The second-order valence-electron chi connectivity index (χ2n) is 6.45. The van der Waals surface area contributed by atoms with E-state index in [-0.39, 0.29) is 17.8 Å². The highest BCUT2D eigenvalue weighted by atomic mass is 35.5. The van der Waals surface area contributed by atoms with Gasteiger partial charge in [0.05, 0.1) is 28.6 Å². The number of aromatic nitrogens is 3. The molecule has 1 aromatic heterocycles. The monoisotopic (exact) mass is 480 g/mol. The summed E-state index contributed by atoms with van der Waals surface area (Å²) in [7, 11) is 1.62. The molecular formula is C21H22Cl2N4O3S. The number of carbonyl (C=O) groups is 1. The summed E-state index contributed by atoms with van der Waals surface area (Å²) in [4.78, 5) is 12.4. The van der Waals surface area contributed by atoms with Crippen LogP contribution in [-0.2, 0) is 11.3 Å². The van der Waals surface area contributed by atoms with Crippen LogP contribution in [0.1, 0.15) is 25.8 Å². The summed E-state index contributed by atoms with van der Waals surface area (Å²) < 4.78 is 13.1. The van der Waals surface area contributed by atoms with E-state index in [1.807, 2.05) is 42.7 Å². The Morgan fingerprint density at radius 1 is 1.13 bits per heavy atom. The number of anilines is 1. The Labute approximate surface area is 195 Å². The van der Waals surface area contributed by atoms with Crippen LogP contribution in [0.3, 0.4) is 0 Å². The molecule has 1 heterocycles. The number of methoxy groups -OCH3 is 1. The van der Waals surface area contributed by atoms with E-state index in [0.717, 1.165) is 5.75 Å². The van der Waals surface area contributed by atoms with Crippen LogP contribution in [0.4, 0.5) is 5.69 Å². The van der Waals surface area contributed by atoms with Crippen LogP contribution in [0.15, 0.2) is 47.6 Å². The Morgan fingerprint density at radius 2 is 1.77 bits per heavy atom. The van der Waals surface area contributed by atoms with Crippen LogP contribution in [-0.4, -0.2) is 33.5 Å². The number of halogens is 2. The van der Waals surface area contributed by atoms with Crippen LogP contribution in [0.25, 0.3) is 0 Å². The van der Waals surface area contributed by atoms with Gasteiger partial charge in [0.1, 0.15) is 11.5 Å². The molecule has 0 aliphatic rings. The predicted octanol–water partition coefficient (Wildman–Crippen LogP) is 5.48. The van der Waals surface area contributed by atoms with Gasteiger partial charge in [-0.15, -0.1) is 10.2 Å². The van der Waals surface area contributed by atoms with Gasteiger partial charge < -0.3 is 19.4 Å². The van der Waals surface area contributed by atoms with E-state index in [1.165, 1.54) is 11.8 Å². The SMILES string of the molecule is CCn1c(SCC(=O)Nc2c(Cl)cccc2Cl)nnc1C(C)Oc1ccc(OC)cc1. The van der Waals surface area contributed by atoms with Crippen molar-refractivity contribution in [3.05, 3.63) is 58.3 Å². The fourth-order valence-corrected chi connectivity index (χ4v) is 4.14. The summed E-state index contributed by atoms with van der Waals surface area (Å²) in [5, 5.41) is 12.6. The lowest BCUT2D eigenvalue weighted by Gasteiger charge is -2.16. The van der Waals surface area contributed by atoms with Crippen molar-refractivity contribution in [1.29, 1.82) is 0 Å². The van der Waals surface area contributed by atoms with Crippen molar-refractivity contribution in [3.63, 3.8) is 0 Å². The number of benzene rings is 2. The highest BCUT2D eigenvalue weighted by molar-refractivity contribution is 7.99. The average Bonchev–Trinajstić information content (AvgIpc) is 3.18. The number of nitrogens with zero attached hydrogens (tertiary/aromatic N) is 3. The van der Waals surface area contributed by atoms with Gasteiger partial charge in [0, 0.05) is 6.54 Å². The molecule has 3 rings (SSSR count). The van der Waals surface area contributed by atoms with E-state index in [4.69, 9.17) is 32.7 Å². The standard InChI is InChI=1S/C21H22Cl2N4O3S/c1-4-27-20(13(2)30-15-10-8-14(29-3)9-11-15)25-26-21(27)31-12-18(28)24-19-16(22)6-5-7-17(19)23/h5-11,13H,4,12H2,1-3H3,(H,24,28). The fourth-order valence-electron chi connectivity index (χ4n) is 2.84. The molecule has 1 N–H and O–H groups in total. The van der Waals surface area contributed by atoms with E-state index in [1.54, 1.807) is 25.3 Å². The zero-order chi connectivity index (χ0) is 22.4. The lowest BCUT2D eigenvalue weighted by molar-refractivity contribution is -0.113. The largest absolute Gasteiger partial charge is 0.497 e. The Morgan fingerprint density at radius 3 is 2.39 bits per heavy atom. The molecule has 164 valence electrons. The van der Waals surface area contributed by atoms with Gasteiger partial charge in [0.2, 0.25) is 5.91 Å². The molecule has 10 heteroatoms. The van der Waals surface area contributed by atoms with Gasteiger partial charge in [-0.05, 0) is 50.2 Å². The number of para-hydroxylation sites is 1. The molecule has 0 fully saturated rings. The molecule has 0 bridgehead atoms. The molecule has 0 radical (unpaired) electrons. The Hall–Kier alpha value is -2.42. The van der Waals surface area contributed by atoms with Gasteiger partial charge in [-0.1, -0.05) is 41.0 Å². The number of rotatable bonds is 9. The van der Waals surface area contributed by atoms with Crippen LogP contribution in [0.2, 0.25) is 10.0 Å². The number of ether oxygens (including phenoxy) is 2. The minimum Gasteiger partial charge on any atom is -0.497 e. The number of carbonyl (C=O) groups excluding carboxylic acids is 1. The van der Waals surface area contributed by atoms with Crippen molar-refractivity contribution in [1.82, 2.24) is 14.8 Å². The van der Waals surface area contributed by atoms with E-state index >= 15 is 0 Å². The first-order valence-corrected chi connectivity index (χ1v) is 11.3. The Balaban J connectivity index is 1.64. The summed E-state index contributed by atoms with van der Waals surface area (Å²) in [5.74, 6) is 2.02. The molecule has 3 aromatic rings. The molecule has 2 aromatic carbocycles. The molecule has 31 heavy (non-hydrogen) atoms. The third-order valence-electron chi connectivity index (χ3n) is 4.36. The van der Waals surface area contributed by atoms with Crippen molar-refractivity contribution in [2.45, 2.75) is 31.7 Å². The molecule has 0 aliphatic heterocycles. The molecule has 7 nitrogen and oxygen atoms in total.